The van der Waals surface area contributed by atoms with Gasteiger partial charge in [-0.15, -0.1) is 22.7 Å². The maximum atomic E-state index is 5.38. The topological polar surface area (TPSA) is 115 Å². The Labute approximate surface area is 164 Å². The largest absolute Gasteiger partial charge is 0.392 e. The van der Waals surface area contributed by atoms with Crippen molar-refractivity contribution < 1.29 is 0 Å². The fourth-order valence-electron chi connectivity index (χ4n) is 1.20. The summed E-state index contributed by atoms with van der Waals surface area (Å²) in [5, 5.41) is 7.79. The molecule has 0 fully saturated rings. The first-order valence-electron chi connectivity index (χ1n) is 6.15. The van der Waals surface area contributed by atoms with Gasteiger partial charge in [-0.2, -0.15) is 5.10 Å². The molecule has 0 saturated heterocycles. The minimum atomic E-state index is 0.114. The van der Waals surface area contributed by atoms with Gasteiger partial charge in [-0.25, -0.2) is 9.97 Å². The molecule has 126 valence electrons. The van der Waals surface area contributed by atoms with Crippen molar-refractivity contribution in [2.45, 2.75) is 8.68 Å². The molecule has 0 radical (unpaired) electrons. The van der Waals surface area contributed by atoms with E-state index in [4.69, 9.17) is 23.7 Å². The van der Waals surface area contributed by atoms with Gasteiger partial charge < -0.3 is 11.5 Å². The fraction of sp³-hybridized carbons (Fsp3) is 0.0909. The molecule has 0 atom stereocenters. The van der Waals surface area contributed by atoms with E-state index < -0.39 is 0 Å². The molecular weight excluding hydrogens is 423 g/mol. The van der Waals surface area contributed by atoms with E-state index >= 15 is 0 Å². The molecule has 0 aliphatic heterocycles. The Kier molecular flexibility index (Phi) is 8.01. The van der Waals surface area contributed by atoms with Crippen LogP contribution in [0.3, 0.4) is 0 Å². The standard InChI is InChI=1S/C11H11N7S6/c12-8(19)3-14-1-6-4-21-10(16-6)23-24-11-17-7(5-22-11)2-15-18-9(13)20/h1-2,4-5H,3H2,(H2,12,19)(H3,13,18,20)/b14-1?,15-2+. The highest BCUT2D eigenvalue weighted by Crippen LogP contribution is 2.39. The Hall–Kier alpha value is -1.12. The molecule has 2 heterocycles. The number of nitrogens with one attached hydrogen (secondary N) is 1. The van der Waals surface area contributed by atoms with Crippen LogP contribution in [0.25, 0.3) is 0 Å². The van der Waals surface area contributed by atoms with Crippen LogP contribution >= 0.6 is 68.7 Å². The van der Waals surface area contributed by atoms with E-state index in [1.165, 1.54) is 44.3 Å². The third-order valence-corrected chi connectivity index (χ3v) is 7.01. The number of thiazole rings is 2. The van der Waals surface area contributed by atoms with Crippen LogP contribution in [0.4, 0.5) is 0 Å². The molecule has 0 aromatic carbocycles. The minimum Gasteiger partial charge on any atom is -0.392 e. The molecule has 5 N–H and O–H groups in total. The molecular formula is C11H11N7S6. The monoisotopic (exact) mass is 433 g/mol. The van der Waals surface area contributed by atoms with E-state index in [0.29, 0.717) is 11.5 Å². The van der Waals surface area contributed by atoms with Gasteiger partial charge >= 0.3 is 0 Å². The molecule has 13 heteroatoms. The van der Waals surface area contributed by atoms with Crippen LogP contribution in [0.15, 0.2) is 29.5 Å². The summed E-state index contributed by atoms with van der Waals surface area (Å²) in [5.41, 5.74) is 14.7. The summed E-state index contributed by atoms with van der Waals surface area (Å²) in [4.78, 5) is 13.3. The van der Waals surface area contributed by atoms with Crippen molar-refractivity contribution in [1.29, 1.82) is 0 Å². The number of aliphatic imine (C=N–C) groups is 1. The van der Waals surface area contributed by atoms with Crippen LogP contribution < -0.4 is 16.9 Å². The van der Waals surface area contributed by atoms with E-state index in [2.05, 4.69) is 37.7 Å². The second kappa shape index (κ2) is 10.0. The van der Waals surface area contributed by atoms with Gasteiger partial charge in [0.2, 0.25) is 0 Å². The van der Waals surface area contributed by atoms with E-state index in [9.17, 15) is 0 Å². The summed E-state index contributed by atoms with van der Waals surface area (Å²) in [5.74, 6) is 0. The Morgan fingerprint density at radius 3 is 2.25 bits per heavy atom. The Balaban J connectivity index is 1.83. The number of nitrogens with zero attached hydrogens (tertiary/aromatic N) is 4. The number of aromatic nitrogens is 2. The van der Waals surface area contributed by atoms with Gasteiger partial charge in [0.05, 0.1) is 29.1 Å². The van der Waals surface area contributed by atoms with Crippen LogP contribution in [0.5, 0.6) is 0 Å². The maximum absolute atomic E-state index is 5.38. The molecule has 0 aliphatic rings. The summed E-state index contributed by atoms with van der Waals surface area (Å²) in [6.07, 6.45) is 3.22. The van der Waals surface area contributed by atoms with Crippen LogP contribution in [0.2, 0.25) is 0 Å². The molecule has 24 heavy (non-hydrogen) atoms. The SMILES string of the molecule is NC(=S)CN=Cc1csc(SSc2nc(/C=N/NC(N)=S)cs2)n1. The lowest BCUT2D eigenvalue weighted by atomic mass is 10.5. The molecule has 0 spiro atoms. The van der Waals surface area contributed by atoms with Crippen LogP contribution in [-0.4, -0.2) is 39.0 Å². The molecule has 0 amide bonds. The van der Waals surface area contributed by atoms with E-state index in [0.717, 1.165) is 20.1 Å². The third kappa shape index (κ3) is 7.19. The fourth-order valence-corrected chi connectivity index (χ4v) is 5.31. The number of hydrazone groups is 1. The number of hydrogen-bond donors (Lipinski definition) is 3. The zero-order valence-corrected chi connectivity index (χ0v) is 16.8. The number of rotatable bonds is 8. The van der Waals surface area contributed by atoms with Gasteiger partial charge in [-0.05, 0) is 33.8 Å². The first-order chi connectivity index (χ1) is 11.5. The van der Waals surface area contributed by atoms with Crippen molar-refractivity contribution in [3.8, 4) is 0 Å². The molecule has 2 aromatic heterocycles. The predicted octanol–water partition coefficient (Wildman–Crippen LogP) is 2.27. The lowest BCUT2D eigenvalue weighted by Gasteiger charge is -1.92. The molecule has 0 bridgehead atoms. The summed E-state index contributed by atoms with van der Waals surface area (Å²) in [7, 11) is 3.07. The van der Waals surface area contributed by atoms with E-state index in [1.54, 1.807) is 12.4 Å². The van der Waals surface area contributed by atoms with Crippen LogP contribution in [0.1, 0.15) is 11.4 Å². The molecule has 7 nitrogen and oxygen atoms in total. The normalized spacial score (nSPS) is 11.3. The van der Waals surface area contributed by atoms with Crippen molar-refractivity contribution in [2.24, 2.45) is 21.6 Å². The number of hydrogen-bond acceptors (Lipinski definition) is 10. The number of thiocarbonyl (C=S) groups is 2. The van der Waals surface area contributed by atoms with E-state index in [-0.39, 0.29) is 5.11 Å². The highest BCUT2D eigenvalue weighted by molar-refractivity contribution is 8.77. The molecule has 2 rings (SSSR count). The zero-order chi connectivity index (χ0) is 17.4. The quantitative estimate of drug-likeness (QED) is 0.249. The average molecular weight is 434 g/mol. The van der Waals surface area contributed by atoms with Gasteiger partial charge in [0.25, 0.3) is 0 Å². The lowest BCUT2D eigenvalue weighted by Crippen LogP contribution is -2.23. The molecule has 0 aliphatic carbocycles. The second-order valence-corrected chi connectivity index (χ2v) is 9.22. The van der Waals surface area contributed by atoms with Gasteiger partial charge in [0.1, 0.15) is 0 Å². The predicted molar refractivity (Wildman–Crippen MR) is 113 cm³/mol. The second-order valence-electron chi connectivity index (χ2n) is 3.91. The summed E-state index contributed by atoms with van der Waals surface area (Å²) < 4.78 is 1.81. The van der Waals surface area contributed by atoms with Crippen molar-refractivity contribution in [2.75, 3.05) is 6.54 Å². The van der Waals surface area contributed by atoms with Gasteiger partial charge in [0, 0.05) is 17.0 Å². The number of nitrogens with two attached hydrogens (primary N) is 2. The zero-order valence-electron chi connectivity index (χ0n) is 11.9. The van der Waals surface area contributed by atoms with Gasteiger partial charge in [-0.1, -0.05) is 12.2 Å². The van der Waals surface area contributed by atoms with Crippen LogP contribution in [0, 0.1) is 0 Å². The lowest BCUT2D eigenvalue weighted by molar-refractivity contribution is 1.04. The van der Waals surface area contributed by atoms with E-state index in [1.807, 2.05) is 10.8 Å². The van der Waals surface area contributed by atoms with Crippen molar-refractivity contribution in [1.82, 2.24) is 15.4 Å². The van der Waals surface area contributed by atoms with Crippen molar-refractivity contribution >= 4 is 91.2 Å². The maximum Gasteiger partial charge on any atom is 0.184 e. The van der Waals surface area contributed by atoms with Crippen LogP contribution in [-0.2, 0) is 0 Å². The first kappa shape index (κ1) is 19.2. The van der Waals surface area contributed by atoms with Gasteiger partial charge in [0.15, 0.2) is 13.8 Å². The first-order valence-corrected chi connectivity index (χ1v) is 10.9. The Bertz CT molecular complexity index is 700. The summed E-state index contributed by atoms with van der Waals surface area (Å²) in [6, 6.07) is 0. The molecule has 0 unspecified atom stereocenters. The highest BCUT2D eigenvalue weighted by Gasteiger charge is 2.06. The average Bonchev–Trinajstić information content (AvgIpc) is 3.14. The molecule has 0 saturated carbocycles. The minimum absolute atomic E-state index is 0.114. The van der Waals surface area contributed by atoms with Crippen molar-refractivity contribution in [3.63, 3.8) is 0 Å². The summed E-state index contributed by atoms with van der Waals surface area (Å²) in [6.45, 7) is 0.331. The highest BCUT2D eigenvalue weighted by atomic mass is 33.1. The smallest absolute Gasteiger partial charge is 0.184 e. The molecule has 2 aromatic rings. The Morgan fingerprint density at radius 1 is 1.12 bits per heavy atom. The third-order valence-electron chi connectivity index (χ3n) is 2.03. The van der Waals surface area contributed by atoms with Crippen molar-refractivity contribution in [3.05, 3.63) is 22.1 Å². The van der Waals surface area contributed by atoms with Gasteiger partial charge in [-0.3, -0.25) is 10.4 Å². The Morgan fingerprint density at radius 2 is 1.71 bits per heavy atom. The summed E-state index contributed by atoms with van der Waals surface area (Å²) >= 11 is 12.5.